The summed E-state index contributed by atoms with van der Waals surface area (Å²) < 4.78 is 23.8. The van der Waals surface area contributed by atoms with Crippen LogP contribution >= 0.6 is 11.3 Å². The second-order valence-corrected chi connectivity index (χ2v) is 5.59. The zero-order chi connectivity index (χ0) is 10.4. The van der Waals surface area contributed by atoms with Gasteiger partial charge in [0.15, 0.2) is 0 Å². The summed E-state index contributed by atoms with van der Waals surface area (Å²) in [6.45, 7) is 1.86. The van der Waals surface area contributed by atoms with Crippen LogP contribution in [-0.4, -0.2) is 27.8 Å². The van der Waals surface area contributed by atoms with E-state index in [9.17, 15) is 8.42 Å². The molecule has 0 amide bonds. The minimum absolute atomic E-state index is 0.434. The van der Waals surface area contributed by atoms with E-state index in [-0.39, 0.29) is 0 Å². The first-order valence-corrected chi connectivity index (χ1v) is 7.08. The van der Waals surface area contributed by atoms with E-state index in [0.29, 0.717) is 13.1 Å². The third-order valence-electron chi connectivity index (χ3n) is 1.58. The van der Waals surface area contributed by atoms with Crippen LogP contribution < -0.4 is 10.0 Å². The van der Waals surface area contributed by atoms with Gasteiger partial charge in [-0.05, 0) is 22.4 Å². The molecule has 0 saturated heterocycles. The second kappa shape index (κ2) is 5.45. The molecule has 0 spiro atoms. The lowest BCUT2D eigenvalue weighted by atomic mass is 10.3. The third-order valence-corrected chi connectivity index (χ3v) is 3.04. The van der Waals surface area contributed by atoms with Crippen LogP contribution in [0.15, 0.2) is 16.8 Å². The summed E-state index contributed by atoms with van der Waals surface area (Å²) in [7, 11) is -3.05. The number of thiophene rings is 1. The summed E-state index contributed by atoms with van der Waals surface area (Å²) >= 11 is 1.66. The van der Waals surface area contributed by atoms with Gasteiger partial charge in [0.05, 0.1) is 6.26 Å². The quantitative estimate of drug-likeness (QED) is 0.700. The average Bonchev–Trinajstić information content (AvgIpc) is 2.54. The Morgan fingerprint density at radius 2 is 2.21 bits per heavy atom. The van der Waals surface area contributed by atoms with Crippen molar-refractivity contribution in [2.24, 2.45) is 0 Å². The molecule has 0 unspecified atom stereocenters. The molecule has 0 radical (unpaired) electrons. The molecular weight excluding hydrogens is 220 g/mol. The fraction of sp³-hybridized carbons (Fsp3) is 0.500. The Morgan fingerprint density at radius 1 is 1.43 bits per heavy atom. The fourth-order valence-electron chi connectivity index (χ4n) is 0.951. The zero-order valence-electron chi connectivity index (χ0n) is 7.99. The Bertz CT molecular complexity index is 345. The predicted octanol–water partition coefficient (Wildman–Crippen LogP) is 0.387. The molecule has 0 bridgehead atoms. The molecule has 1 rings (SSSR count). The maximum atomic E-state index is 10.7. The minimum Gasteiger partial charge on any atom is -0.311 e. The summed E-state index contributed by atoms with van der Waals surface area (Å²) in [4.78, 5) is 0. The lowest BCUT2D eigenvalue weighted by Crippen LogP contribution is -2.30. The first-order chi connectivity index (χ1) is 6.58. The van der Waals surface area contributed by atoms with Crippen LogP contribution in [0.2, 0.25) is 0 Å². The van der Waals surface area contributed by atoms with E-state index in [4.69, 9.17) is 0 Å². The Morgan fingerprint density at radius 3 is 2.79 bits per heavy atom. The van der Waals surface area contributed by atoms with E-state index < -0.39 is 10.0 Å². The van der Waals surface area contributed by atoms with Gasteiger partial charge in [0.2, 0.25) is 10.0 Å². The molecule has 0 aliphatic carbocycles. The van der Waals surface area contributed by atoms with Gasteiger partial charge in [-0.2, -0.15) is 11.3 Å². The topological polar surface area (TPSA) is 58.2 Å². The van der Waals surface area contributed by atoms with Gasteiger partial charge in [0.25, 0.3) is 0 Å². The Kier molecular flexibility index (Phi) is 4.53. The lowest BCUT2D eigenvalue weighted by molar-refractivity contribution is 0.582. The number of hydrogen-bond donors (Lipinski definition) is 2. The third kappa shape index (κ3) is 5.33. The Labute approximate surface area is 88.4 Å². The molecular formula is C8H14N2O2S2. The van der Waals surface area contributed by atoms with Crippen molar-refractivity contribution < 1.29 is 8.42 Å². The number of sulfonamides is 1. The van der Waals surface area contributed by atoms with Crippen molar-refractivity contribution in [3.05, 3.63) is 22.4 Å². The highest BCUT2D eigenvalue weighted by Gasteiger charge is 1.98. The molecule has 0 aromatic carbocycles. The van der Waals surface area contributed by atoms with Crippen LogP contribution in [0, 0.1) is 0 Å². The highest BCUT2D eigenvalue weighted by Crippen LogP contribution is 2.04. The van der Waals surface area contributed by atoms with Crippen LogP contribution in [-0.2, 0) is 16.6 Å². The molecule has 14 heavy (non-hydrogen) atoms. The van der Waals surface area contributed by atoms with Crippen molar-refractivity contribution in [2.45, 2.75) is 6.54 Å². The van der Waals surface area contributed by atoms with Crippen molar-refractivity contribution in [1.29, 1.82) is 0 Å². The van der Waals surface area contributed by atoms with Crippen molar-refractivity contribution in [3.63, 3.8) is 0 Å². The van der Waals surface area contributed by atoms with Crippen LogP contribution in [0.5, 0.6) is 0 Å². The molecule has 0 saturated carbocycles. The summed E-state index contributed by atoms with van der Waals surface area (Å²) in [5, 5.41) is 7.23. The van der Waals surface area contributed by atoms with E-state index in [0.717, 1.165) is 12.8 Å². The maximum Gasteiger partial charge on any atom is 0.208 e. The number of rotatable bonds is 6. The molecule has 80 valence electrons. The molecule has 2 N–H and O–H groups in total. The Balaban J connectivity index is 2.06. The van der Waals surface area contributed by atoms with Crippen LogP contribution in [0.1, 0.15) is 5.56 Å². The van der Waals surface area contributed by atoms with Gasteiger partial charge in [0, 0.05) is 19.6 Å². The van der Waals surface area contributed by atoms with Crippen molar-refractivity contribution >= 4 is 21.4 Å². The van der Waals surface area contributed by atoms with Gasteiger partial charge in [0.1, 0.15) is 0 Å². The van der Waals surface area contributed by atoms with Gasteiger partial charge < -0.3 is 5.32 Å². The van der Waals surface area contributed by atoms with Gasteiger partial charge in [-0.1, -0.05) is 0 Å². The zero-order valence-corrected chi connectivity index (χ0v) is 9.62. The first kappa shape index (κ1) is 11.6. The lowest BCUT2D eigenvalue weighted by Gasteiger charge is -2.03. The van der Waals surface area contributed by atoms with Gasteiger partial charge in [-0.3, -0.25) is 0 Å². The van der Waals surface area contributed by atoms with Crippen molar-refractivity contribution in [2.75, 3.05) is 19.3 Å². The van der Waals surface area contributed by atoms with E-state index in [1.807, 2.05) is 11.4 Å². The fourth-order valence-corrected chi connectivity index (χ4v) is 2.09. The molecule has 0 aliphatic rings. The van der Waals surface area contributed by atoms with Crippen molar-refractivity contribution in [3.8, 4) is 0 Å². The number of hydrogen-bond acceptors (Lipinski definition) is 4. The highest BCUT2D eigenvalue weighted by molar-refractivity contribution is 7.88. The molecule has 0 aliphatic heterocycles. The highest BCUT2D eigenvalue weighted by atomic mass is 32.2. The molecule has 4 nitrogen and oxygen atoms in total. The van der Waals surface area contributed by atoms with Crippen LogP contribution in [0.3, 0.4) is 0 Å². The smallest absolute Gasteiger partial charge is 0.208 e. The number of nitrogens with one attached hydrogen (secondary N) is 2. The summed E-state index contributed by atoms with van der Waals surface area (Å²) in [6, 6.07) is 2.04. The van der Waals surface area contributed by atoms with E-state index in [2.05, 4.69) is 15.4 Å². The van der Waals surface area contributed by atoms with Gasteiger partial charge in [-0.15, -0.1) is 0 Å². The maximum absolute atomic E-state index is 10.7. The Hall–Kier alpha value is -0.430. The largest absolute Gasteiger partial charge is 0.311 e. The summed E-state index contributed by atoms with van der Waals surface area (Å²) in [5.41, 5.74) is 1.23. The molecule has 0 atom stereocenters. The van der Waals surface area contributed by atoms with E-state index >= 15 is 0 Å². The standard InChI is InChI=1S/C8H14N2O2S2/c1-14(11,12)10-4-3-9-6-8-2-5-13-7-8/h2,5,7,9-10H,3-4,6H2,1H3. The van der Waals surface area contributed by atoms with Gasteiger partial charge in [-0.25, -0.2) is 13.1 Å². The second-order valence-electron chi connectivity index (χ2n) is 2.97. The average molecular weight is 234 g/mol. The molecule has 1 heterocycles. The van der Waals surface area contributed by atoms with Crippen molar-refractivity contribution in [1.82, 2.24) is 10.0 Å². The molecule has 6 heteroatoms. The normalized spacial score (nSPS) is 11.8. The van der Waals surface area contributed by atoms with E-state index in [1.54, 1.807) is 11.3 Å². The molecule has 0 fully saturated rings. The molecule has 1 aromatic rings. The first-order valence-electron chi connectivity index (χ1n) is 4.24. The van der Waals surface area contributed by atoms with Crippen LogP contribution in [0.4, 0.5) is 0 Å². The minimum atomic E-state index is -3.05. The SMILES string of the molecule is CS(=O)(=O)NCCNCc1ccsc1. The monoisotopic (exact) mass is 234 g/mol. The van der Waals surface area contributed by atoms with E-state index in [1.165, 1.54) is 5.56 Å². The predicted molar refractivity (Wildman–Crippen MR) is 58.9 cm³/mol. The summed E-state index contributed by atoms with van der Waals surface area (Å²) in [6.07, 6.45) is 1.16. The van der Waals surface area contributed by atoms with Crippen LogP contribution in [0.25, 0.3) is 0 Å². The molecule has 1 aromatic heterocycles. The van der Waals surface area contributed by atoms with Gasteiger partial charge >= 0.3 is 0 Å². The summed E-state index contributed by atoms with van der Waals surface area (Å²) in [5.74, 6) is 0.